The van der Waals surface area contributed by atoms with Gasteiger partial charge in [0.15, 0.2) is 0 Å². The van der Waals surface area contributed by atoms with E-state index in [0.29, 0.717) is 19.0 Å². The molecule has 1 aromatic heterocycles. The minimum Gasteiger partial charge on any atom is -0.344 e. The van der Waals surface area contributed by atoms with Crippen LogP contribution in [0.1, 0.15) is 43.2 Å². The Balaban J connectivity index is 2.20. The number of rotatable bonds is 7. The van der Waals surface area contributed by atoms with Crippen LogP contribution in [-0.2, 0) is 6.54 Å². The van der Waals surface area contributed by atoms with Crippen molar-refractivity contribution in [2.24, 2.45) is 11.7 Å². The van der Waals surface area contributed by atoms with E-state index in [1.165, 1.54) is 16.8 Å². The van der Waals surface area contributed by atoms with E-state index in [2.05, 4.69) is 24.3 Å². The van der Waals surface area contributed by atoms with E-state index in [0.717, 1.165) is 12.0 Å². The van der Waals surface area contributed by atoms with Crippen LogP contribution in [0.15, 0.2) is 47.3 Å². The van der Waals surface area contributed by atoms with Gasteiger partial charge in [-0.3, -0.25) is 9.59 Å². The Morgan fingerprint density at radius 1 is 1.24 bits per heavy atom. The molecule has 2 aromatic rings. The Labute approximate surface area is 148 Å². The van der Waals surface area contributed by atoms with Crippen LogP contribution < -0.4 is 16.6 Å². The van der Waals surface area contributed by atoms with Crippen LogP contribution in [0.4, 0.5) is 0 Å². The average molecular weight is 342 g/mol. The van der Waals surface area contributed by atoms with Crippen molar-refractivity contribution >= 4 is 5.91 Å². The third-order valence-corrected chi connectivity index (χ3v) is 4.00. The van der Waals surface area contributed by atoms with Gasteiger partial charge in [0.1, 0.15) is 5.69 Å². The van der Waals surface area contributed by atoms with Crippen LogP contribution in [0, 0.1) is 5.92 Å². The lowest BCUT2D eigenvalue weighted by molar-refractivity contribution is 0.0890. The molecule has 0 saturated carbocycles. The van der Waals surface area contributed by atoms with E-state index in [1.54, 1.807) is 0 Å². The minimum absolute atomic E-state index is 0.207. The molecule has 6 nitrogen and oxygen atoms in total. The summed E-state index contributed by atoms with van der Waals surface area (Å²) < 4.78 is 1.30. The molecule has 0 radical (unpaired) electrons. The molecule has 6 heteroatoms. The van der Waals surface area contributed by atoms with Gasteiger partial charge in [0.2, 0.25) is 0 Å². The normalized spacial score (nSPS) is 13.5. The Morgan fingerprint density at radius 2 is 1.92 bits per heavy atom. The second-order valence-electron chi connectivity index (χ2n) is 7.02. The summed E-state index contributed by atoms with van der Waals surface area (Å²) in [5.74, 6) is 0.0734. The maximum atomic E-state index is 12.6. The third kappa shape index (κ3) is 5.26. The molecule has 3 N–H and O–H groups in total. The highest BCUT2D eigenvalue weighted by atomic mass is 16.2. The van der Waals surface area contributed by atoms with E-state index >= 15 is 0 Å². The summed E-state index contributed by atoms with van der Waals surface area (Å²) in [6.07, 6.45) is 0.763. The maximum absolute atomic E-state index is 12.6. The summed E-state index contributed by atoms with van der Waals surface area (Å²) in [6, 6.07) is 12.3. The van der Waals surface area contributed by atoms with E-state index in [-0.39, 0.29) is 17.2 Å². The van der Waals surface area contributed by atoms with Crippen LogP contribution in [0.2, 0.25) is 0 Å². The lowest BCUT2D eigenvalue weighted by Gasteiger charge is -2.31. The Kier molecular flexibility index (Phi) is 6.09. The van der Waals surface area contributed by atoms with Gasteiger partial charge in [-0.1, -0.05) is 44.2 Å². The molecule has 0 aliphatic rings. The number of nitrogens with zero attached hydrogens (tertiary/aromatic N) is 2. The van der Waals surface area contributed by atoms with Gasteiger partial charge in [-0.15, -0.1) is 0 Å². The number of nitrogens with two attached hydrogens (primary N) is 1. The fourth-order valence-corrected chi connectivity index (χ4v) is 2.86. The van der Waals surface area contributed by atoms with Crippen molar-refractivity contribution < 1.29 is 4.79 Å². The molecule has 0 spiro atoms. The summed E-state index contributed by atoms with van der Waals surface area (Å²) in [5.41, 5.74) is 6.25. The molecule has 0 aliphatic carbocycles. The van der Waals surface area contributed by atoms with E-state index in [9.17, 15) is 9.59 Å². The minimum atomic E-state index is -0.507. The quantitative estimate of drug-likeness (QED) is 0.802. The van der Waals surface area contributed by atoms with E-state index in [1.807, 2.05) is 37.3 Å². The maximum Gasteiger partial charge on any atom is 0.272 e. The highest BCUT2D eigenvalue weighted by Gasteiger charge is 2.27. The number of nitrogens with one attached hydrogen (secondary N) is 1. The summed E-state index contributed by atoms with van der Waals surface area (Å²) in [7, 11) is 0. The molecule has 0 fully saturated rings. The van der Waals surface area contributed by atoms with Gasteiger partial charge in [-0.25, -0.2) is 4.68 Å². The number of carbonyl (C=O) groups excluding carboxylic acids is 1. The number of aromatic nitrogens is 2. The SMILES string of the molecule is CC(C)CC(C)(CN)NC(=O)c1ccc(=O)n(Cc2ccccc2)n1. The highest BCUT2D eigenvalue weighted by molar-refractivity contribution is 5.92. The predicted octanol–water partition coefficient (Wildman–Crippen LogP) is 1.78. The van der Waals surface area contributed by atoms with E-state index in [4.69, 9.17) is 5.73 Å². The Morgan fingerprint density at radius 3 is 2.52 bits per heavy atom. The van der Waals surface area contributed by atoms with Crippen LogP contribution in [0.25, 0.3) is 0 Å². The van der Waals surface area contributed by atoms with Crippen molar-refractivity contribution in [2.45, 2.75) is 39.3 Å². The molecule has 1 atom stereocenters. The van der Waals surface area contributed by atoms with Gasteiger partial charge in [0, 0.05) is 12.6 Å². The van der Waals surface area contributed by atoms with Gasteiger partial charge in [-0.2, -0.15) is 5.10 Å². The van der Waals surface area contributed by atoms with Gasteiger partial charge in [0.05, 0.1) is 12.1 Å². The molecule has 1 heterocycles. The zero-order chi connectivity index (χ0) is 18.4. The molecule has 1 amide bonds. The second-order valence-corrected chi connectivity index (χ2v) is 7.02. The number of hydrogen-bond donors (Lipinski definition) is 2. The first-order chi connectivity index (χ1) is 11.8. The predicted molar refractivity (Wildman–Crippen MR) is 98.4 cm³/mol. The topological polar surface area (TPSA) is 90.0 Å². The molecule has 0 saturated heterocycles. The van der Waals surface area contributed by atoms with Gasteiger partial charge >= 0.3 is 0 Å². The van der Waals surface area contributed by atoms with E-state index < -0.39 is 5.54 Å². The molecular formula is C19H26N4O2. The lowest BCUT2D eigenvalue weighted by atomic mass is 9.90. The molecule has 1 unspecified atom stereocenters. The first-order valence-electron chi connectivity index (χ1n) is 8.47. The van der Waals surface area contributed by atoms with Crippen LogP contribution in [0.5, 0.6) is 0 Å². The molecule has 25 heavy (non-hydrogen) atoms. The zero-order valence-electron chi connectivity index (χ0n) is 15.0. The van der Waals surface area contributed by atoms with Crippen molar-refractivity contribution in [1.29, 1.82) is 0 Å². The first kappa shape index (κ1) is 18.9. The van der Waals surface area contributed by atoms with Gasteiger partial charge in [-0.05, 0) is 30.9 Å². The second kappa shape index (κ2) is 8.07. The summed E-state index contributed by atoms with van der Waals surface area (Å²) in [4.78, 5) is 24.6. The molecule has 134 valence electrons. The van der Waals surface area contributed by atoms with Crippen molar-refractivity contribution in [3.05, 3.63) is 64.1 Å². The van der Waals surface area contributed by atoms with Crippen LogP contribution in [-0.4, -0.2) is 27.8 Å². The largest absolute Gasteiger partial charge is 0.344 e. The average Bonchev–Trinajstić information content (AvgIpc) is 2.57. The summed E-state index contributed by atoms with van der Waals surface area (Å²) in [6.45, 7) is 6.74. The molecule has 1 aromatic carbocycles. The Hall–Kier alpha value is -2.47. The smallest absolute Gasteiger partial charge is 0.272 e. The monoisotopic (exact) mass is 342 g/mol. The van der Waals surface area contributed by atoms with Crippen molar-refractivity contribution in [2.75, 3.05) is 6.54 Å². The lowest BCUT2D eigenvalue weighted by Crippen LogP contribution is -2.52. The number of carbonyl (C=O) groups is 1. The molecule has 0 bridgehead atoms. The van der Waals surface area contributed by atoms with Crippen molar-refractivity contribution in [1.82, 2.24) is 15.1 Å². The Bertz CT molecular complexity index is 770. The van der Waals surface area contributed by atoms with Crippen molar-refractivity contribution in [3.63, 3.8) is 0 Å². The number of amides is 1. The highest BCUT2D eigenvalue weighted by Crippen LogP contribution is 2.15. The summed E-state index contributed by atoms with van der Waals surface area (Å²) >= 11 is 0. The third-order valence-electron chi connectivity index (χ3n) is 4.00. The first-order valence-corrected chi connectivity index (χ1v) is 8.47. The zero-order valence-corrected chi connectivity index (χ0v) is 15.0. The summed E-state index contributed by atoms with van der Waals surface area (Å²) in [5, 5.41) is 7.18. The van der Waals surface area contributed by atoms with Crippen LogP contribution in [0.3, 0.4) is 0 Å². The number of hydrogen-bond acceptors (Lipinski definition) is 4. The standard InChI is InChI=1S/C19H26N4O2/c1-14(2)11-19(3,13-20)21-18(25)16-9-10-17(24)23(22-16)12-15-7-5-4-6-8-15/h4-10,14H,11-13,20H2,1-3H3,(H,21,25). The fourth-order valence-electron chi connectivity index (χ4n) is 2.86. The molecule has 2 rings (SSSR count). The molecular weight excluding hydrogens is 316 g/mol. The molecule has 0 aliphatic heterocycles. The van der Waals surface area contributed by atoms with Gasteiger partial charge < -0.3 is 11.1 Å². The fraction of sp³-hybridized carbons (Fsp3) is 0.421. The number of benzene rings is 1. The van der Waals surface area contributed by atoms with Crippen LogP contribution >= 0.6 is 0 Å². The van der Waals surface area contributed by atoms with Crippen molar-refractivity contribution in [3.8, 4) is 0 Å². The van der Waals surface area contributed by atoms with Gasteiger partial charge in [0.25, 0.3) is 11.5 Å².